The molecule has 0 unspecified atom stereocenters. The quantitative estimate of drug-likeness (QED) is 0.789. The number of hydrogen-bond donors (Lipinski definition) is 0. The minimum absolute atomic E-state index is 0.416. The van der Waals surface area contributed by atoms with Gasteiger partial charge in [0.05, 0.1) is 11.5 Å². The zero-order chi connectivity index (χ0) is 16.2. The van der Waals surface area contributed by atoms with Crippen LogP contribution in [-0.4, -0.2) is 20.4 Å². The Bertz CT molecular complexity index is 782. The summed E-state index contributed by atoms with van der Waals surface area (Å²) < 4.78 is 48.0. The molecule has 0 atom stereocenters. The summed E-state index contributed by atoms with van der Waals surface area (Å²) in [6, 6.07) is 16.7. The van der Waals surface area contributed by atoms with E-state index < -0.39 is 34.7 Å². The summed E-state index contributed by atoms with van der Waals surface area (Å²) in [6.07, 6.45) is 0. The fraction of sp³-hybridized carbons (Fsp3) is 0.133. The Morgan fingerprint density at radius 3 is 1.32 bits per heavy atom. The van der Waals surface area contributed by atoms with E-state index in [4.69, 9.17) is 12.2 Å². The maximum atomic E-state index is 12.2. The van der Waals surface area contributed by atoms with Gasteiger partial charge in [0.2, 0.25) is 23.2 Å². The Morgan fingerprint density at radius 2 is 1.00 bits per heavy atom. The lowest BCUT2D eigenvalue weighted by atomic mass is 10.2. The van der Waals surface area contributed by atoms with Gasteiger partial charge < -0.3 is 0 Å². The zero-order valence-corrected chi connectivity index (χ0v) is 14.0. The van der Waals surface area contributed by atoms with Crippen molar-refractivity contribution >= 4 is 35.4 Å². The fourth-order valence-corrected chi connectivity index (χ4v) is 5.65. The molecular formula is C15H14O4S3. The molecule has 2 rings (SSSR count). The minimum atomic E-state index is -4.05. The van der Waals surface area contributed by atoms with E-state index in [-0.39, 0.29) is 0 Å². The molecule has 0 N–H and O–H groups in total. The van der Waals surface area contributed by atoms with Gasteiger partial charge in [-0.05, 0) is 11.1 Å². The first-order valence-corrected chi connectivity index (χ1v) is 10.1. The van der Waals surface area contributed by atoms with Crippen LogP contribution >= 0.6 is 12.2 Å². The van der Waals surface area contributed by atoms with E-state index in [0.29, 0.717) is 11.1 Å². The third-order valence-corrected chi connectivity index (χ3v) is 8.40. The van der Waals surface area contributed by atoms with Crippen molar-refractivity contribution in [3.63, 3.8) is 0 Å². The molecule has 0 aromatic heterocycles. The van der Waals surface area contributed by atoms with E-state index in [9.17, 15) is 16.8 Å². The molecule has 0 aliphatic rings. The van der Waals surface area contributed by atoms with Crippen LogP contribution in [-0.2, 0) is 31.2 Å². The first-order chi connectivity index (χ1) is 10.3. The predicted molar refractivity (Wildman–Crippen MR) is 90.7 cm³/mol. The molecule has 0 saturated heterocycles. The van der Waals surface area contributed by atoms with Crippen molar-refractivity contribution < 1.29 is 16.8 Å². The molecule has 0 radical (unpaired) electrons. The summed E-state index contributed by atoms with van der Waals surface area (Å²) >= 11 is 4.75. The van der Waals surface area contributed by atoms with Crippen LogP contribution in [0.15, 0.2) is 60.7 Å². The monoisotopic (exact) mass is 354 g/mol. The maximum absolute atomic E-state index is 12.2. The third kappa shape index (κ3) is 4.22. The first-order valence-electron chi connectivity index (χ1n) is 6.38. The topological polar surface area (TPSA) is 68.3 Å². The SMILES string of the molecule is O=S(=O)(Cc1ccccc1)C(=S)S(=O)(=O)Cc1ccccc1. The highest BCUT2D eigenvalue weighted by Crippen LogP contribution is 2.15. The minimum Gasteiger partial charge on any atom is -0.222 e. The van der Waals surface area contributed by atoms with Crippen LogP contribution in [0, 0.1) is 0 Å². The molecule has 0 bridgehead atoms. The van der Waals surface area contributed by atoms with E-state index in [0.717, 1.165) is 0 Å². The summed E-state index contributed by atoms with van der Waals surface area (Å²) in [4.78, 5) is 0. The van der Waals surface area contributed by atoms with Gasteiger partial charge >= 0.3 is 0 Å². The first kappa shape index (κ1) is 16.8. The Hall–Kier alpha value is -1.57. The van der Waals surface area contributed by atoms with Gasteiger partial charge in [0.1, 0.15) is 0 Å². The molecule has 0 saturated carbocycles. The second-order valence-electron chi connectivity index (χ2n) is 4.74. The van der Waals surface area contributed by atoms with Crippen molar-refractivity contribution in [2.24, 2.45) is 0 Å². The molecule has 0 spiro atoms. The highest BCUT2D eigenvalue weighted by atomic mass is 32.3. The summed E-state index contributed by atoms with van der Waals surface area (Å²) in [5, 5.41) is 0. The molecule has 0 amide bonds. The Kier molecular flexibility index (Phi) is 5.10. The molecular weight excluding hydrogens is 340 g/mol. The highest BCUT2D eigenvalue weighted by Gasteiger charge is 2.30. The molecule has 7 heteroatoms. The van der Waals surface area contributed by atoms with Crippen LogP contribution in [0.4, 0.5) is 0 Å². The molecule has 0 heterocycles. The smallest absolute Gasteiger partial charge is 0.222 e. The number of rotatable bonds is 4. The van der Waals surface area contributed by atoms with E-state index >= 15 is 0 Å². The molecule has 116 valence electrons. The van der Waals surface area contributed by atoms with Gasteiger partial charge in [0.25, 0.3) is 0 Å². The molecule has 4 nitrogen and oxygen atoms in total. The van der Waals surface area contributed by atoms with Crippen molar-refractivity contribution in [2.45, 2.75) is 11.5 Å². The Balaban J connectivity index is 2.22. The summed E-state index contributed by atoms with van der Waals surface area (Å²) in [5.41, 5.74) is 1.000. The van der Waals surface area contributed by atoms with Crippen LogP contribution < -0.4 is 0 Å². The van der Waals surface area contributed by atoms with E-state index in [1.807, 2.05) is 0 Å². The standard InChI is InChI=1S/C15H14O4S3/c16-21(17,11-13-7-3-1-4-8-13)15(20)22(18,19)12-14-9-5-2-6-10-14/h1-10H,11-12H2. The Labute approximate surface area is 135 Å². The average molecular weight is 354 g/mol. The lowest BCUT2D eigenvalue weighted by molar-refractivity contribution is 0.603. The lowest BCUT2D eigenvalue weighted by Crippen LogP contribution is -2.25. The second kappa shape index (κ2) is 6.68. The second-order valence-corrected chi connectivity index (χ2v) is 9.78. The van der Waals surface area contributed by atoms with Crippen molar-refractivity contribution in [2.75, 3.05) is 0 Å². The fourth-order valence-electron chi connectivity index (χ4n) is 1.90. The number of benzene rings is 2. The number of thiocarbonyl (C=S) groups is 1. The third-order valence-electron chi connectivity index (χ3n) is 2.91. The average Bonchev–Trinajstić information content (AvgIpc) is 2.47. The van der Waals surface area contributed by atoms with Gasteiger partial charge in [-0.15, -0.1) is 0 Å². The lowest BCUT2D eigenvalue weighted by Gasteiger charge is -2.08. The molecule has 0 aliphatic carbocycles. The molecule has 2 aromatic carbocycles. The normalized spacial score (nSPS) is 12.0. The van der Waals surface area contributed by atoms with Gasteiger partial charge in [-0.1, -0.05) is 72.9 Å². The van der Waals surface area contributed by atoms with E-state index in [1.54, 1.807) is 60.7 Å². The van der Waals surface area contributed by atoms with Crippen molar-refractivity contribution in [3.05, 3.63) is 71.8 Å². The van der Waals surface area contributed by atoms with Crippen LogP contribution in [0.3, 0.4) is 0 Å². The molecule has 2 aromatic rings. The maximum Gasteiger partial charge on any atom is 0.222 e. The molecule has 0 aliphatic heterocycles. The van der Waals surface area contributed by atoms with Gasteiger partial charge in [-0.2, -0.15) is 0 Å². The van der Waals surface area contributed by atoms with Crippen LogP contribution in [0.25, 0.3) is 0 Å². The van der Waals surface area contributed by atoms with E-state index in [1.165, 1.54) is 0 Å². The number of sulfone groups is 2. The van der Waals surface area contributed by atoms with Crippen LogP contribution in [0.2, 0.25) is 0 Å². The Morgan fingerprint density at radius 1 is 0.682 bits per heavy atom. The summed E-state index contributed by atoms with van der Waals surface area (Å²) in [5.74, 6) is -0.832. The van der Waals surface area contributed by atoms with Gasteiger partial charge in [0, 0.05) is 0 Å². The number of hydrogen-bond acceptors (Lipinski definition) is 5. The summed E-state index contributed by atoms with van der Waals surface area (Å²) in [6.45, 7) is 0. The van der Waals surface area contributed by atoms with Crippen LogP contribution in [0.1, 0.15) is 11.1 Å². The molecule has 22 heavy (non-hydrogen) atoms. The van der Waals surface area contributed by atoms with Crippen LogP contribution in [0.5, 0.6) is 0 Å². The van der Waals surface area contributed by atoms with Crippen molar-refractivity contribution in [1.82, 2.24) is 0 Å². The molecule has 0 fully saturated rings. The van der Waals surface area contributed by atoms with Gasteiger partial charge in [0.15, 0.2) is 0 Å². The van der Waals surface area contributed by atoms with E-state index in [2.05, 4.69) is 0 Å². The highest BCUT2D eigenvalue weighted by molar-refractivity contribution is 8.40. The predicted octanol–water partition coefficient (Wildman–Crippen LogP) is 2.50. The largest absolute Gasteiger partial charge is 0.222 e. The van der Waals surface area contributed by atoms with Gasteiger partial charge in [-0.3, -0.25) is 0 Å². The zero-order valence-electron chi connectivity index (χ0n) is 11.5. The van der Waals surface area contributed by atoms with Crippen molar-refractivity contribution in [1.29, 1.82) is 0 Å². The summed E-state index contributed by atoms with van der Waals surface area (Å²) in [7, 11) is -8.10. The van der Waals surface area contributed by atoms with Crippen molar-refractivity contribution in [3.8, 4) is 0 Å². The van der Waals surface area contributed by atoms with Gasteiger partial charge in [-0.25, -0.2) is 16.8 Å².